The molecule has 0 spiro atoms. The van der Waals surface area contributed by atoms with Gasteiger partial charge in [-0.25, -0.2) is 4.98 Å². The van der Waals surface area contributed by atoms with Gasteiger partial charge < -0.3 is 14.7 Å². The van der Waals surface area contributed by atoms with Crippen LogP contribution in [0.3, 0.4) is 0 Å². The van der Waals surface area contributed by atoms with Gasteiger partial charge in [0.05, 0.1) is 0 Å². The third-order valence-electron chi connectivity index (χ3n) is 2.96. The summed E-state index contributed by atoms with van der Waals surface area (Å²) in [7, 11) is 0. The number of rotatable bonds is 4. The maximum absolute atomic E-state index is 5.22. The molecule has 3 aromatic rings. The summed E-state index contributed by atoms with van der Waals surface area (Å²) in [5, 5.41) is 3.37. The molecule has 1 aromatic carbocycles. The van der Waals surface area contributed by atoms with Gasteiger partial charge in [-0.15, -0.1) is 0 Å². The van der Waals surface area contributed by atoms with Crippen molar-refractivity contribution in [2.75, 3.05) is 5.32 Å². The lowest BCUT2D eigenvalue weighted by atomic mass is 10.1. The van der Waals surface area contributed by atoms with Crippen molar-refractivity contribution in [3.63, 3.8) is 0 Å². The summed E-state index contributed by atoms with van der Waals surface area (Å²) in [6.07, 6.45) is 5.59. The molecule has 2 aromatic heterocycles. The monoisotopic (exact) mass is 253 g/mol. The second-order valence-electron chi connectivity index (χ2n) is 4.40. The van der Waals surface area contributed by atoms with E-state index in [2.05, 4.69) is 21.4 Å². The van der Waals surface area contributed by atoms with Gasteiger partial charge >= 0.3 is 0 Å². The highest BCUT2D eigenvalue weighted by atomic mass is 16.3. The molecule has 0 unspecified atom stereocenters. The summed E-state index contributed by atoms with van der Waals surface area (Å²) < 4.78 is 5.22. The highest BCUT2D eigenvalue weighted by Gasteiger charge is 2.03. The molecule has 0 saturated heterocycles. The number of anilines is 1. The van der Waals surface area contributed by atoms with Crippen molar-refractivity contribution in [3.05, 3.63) is 60.4 Å². The first-order valence-corrected chi connectivity index (χ1v) is 6.19. The van der Waals surface area contributed by atoms with E-state index < -0.39 is 0 Å². The van der Waals surface area contributed by atoms with Gasteiger partial charge in [0.1, 0.15) is 12.0 Å². The number of aryl methyl sites for hydroxylation is 1. The maximum Gasteiger partial charge on any atom is 0.191 e. The van der Waals surface area contributed by atoms with E-state index in [1.54, 1.807) is 6.26 Å². The zero-order valence-electron chi connectivity index (χ0n) is 10.7. The van der Waals surface area contributed by atoms with E-state index in [0.29, 0.717) is 5.89 Å². The quantitative estimate of drug-likeness (QED) is 0.747. The van der Waals surface area contributed by atoms with Crippen LogP contribution < -0.4 is 5.32 Å². The van der Waals surface area contributed by atoms with Gasteiger partial charge in [-0.05, 0) is 23.8 Å². The van der Waals surface area contributed by atoms with Crippen molar-refractivity contribution in [1.29, 1.82) is 0 Å². The maximum atomic E-state index is 5.22. The Morgan fingerprint density at radius 3 is 2.68 bits per heavy atom. The molecule has 0 aliphatic heterocycles. The second-order valence-corrected chi connectivity index (χ2v) is 4.40. The number of benzene rings is 1. The topological polar surface area (TPSA) is 53.9 Å². The molecule has 19 heavy (non-hydrogen) atoms. The Bertz CT molecular complexity index is 638. The van der Waals surface area contributed by atoms with E-state index in [9.17, 15) is 0 Å². The van der Waals surface area contributed by atoms with Crippen LogP contribution in [0.5, 0.6) is 0 Å². The van der Waals surface area contributed by atoms with Crippen LogP contribution in [0.15, 0.2) is 53.4 Å². The molecular formula is C15H15N3O. The molecule has 0 bridgehead atoms. The Kier molecular flexibility index (Phi) is 3.06. The Balaban J connectivity index is 1.69. The van der Waals surface area contributed by atoms with Crippen LogP contribution in [0.2, 0.25) is 0 Å². The van der Waals surface area contributed by atoms with Gasteiger partial charge in [-0.1, -0.05) is 12.1 Å². The fourth-order valence-corrected chi connectivity index (χ4v) is 1.93. The van der Waals surface area contributed by atoms with Gasteiger partial charge in [-0.3, -0.25) is 0 Å². The average molecular weight is 253 g/mol. The summed E-state index contributed by atoms with van der Waals surface area (Å²) in [5.74, 6) is 0.685. The normalized spacial score (nSPS) is 10.6. The molecular weight excluding hydrogens is 238 g/mol. The summed E-state index contributed by atoms with van der Waals surface area (Å²) in [6.45, 7) is 2.65. The van der Waals surface area contributed by atoms with Gasteiger partial charge in [0.15, 0.2) is 5.89 Å². The Hall–Kier alpha value is -2.49. The summed E-state index contributed by atoms with van der Waals surface area (Å²) >= 11 is 0. The zero-order chi connectivity index (χ0) is 13.1. The lowest BCUT2D eigenvalue weighted by Gasteiger charge is -2.05. The molecule has 4 heteroatoms. The van der Waals surface area contributed by atoms with Crippen molar-refractivity contribution in [1.82, 2.24) is 9.97 Å². The summed E-state index contributed by atoms with van der Waals surface area (Å²) in [5.41, 5.74) is 4.25. The zero-order valence-corrected chi connectivity index (χ0v) is 10.7. The van der Waals surface area contributed by atoms with Crippen molar-refractivity contribution < 1.29 is 4.42 Å². The van der Waals surface area contributed by atoms with Crippen molar-refractivity contribution >= 4 is 5.69 Å². The number of nitrogens with zero attached hydrogens (tertiary/aromatic N) is 1. The van der Waals surface area contributed by atoms with Crippen molar-refractivity contribution in [3.8, 4) is 11.3 Å². The Labute approximate surface area is 111 Å². The van der Waals surface area contributed by atoms with Crippen LogP contribution >= 0.6 is 0 Å². The van der Waals surface area contributed by atoms with Crippen LogP contribution in [-0.2, 0) is 6.54 Å². The number of H-pyrrole nitrogens is 1. The summed E-state index contributed by atoms with van der Waals surface area (Å²) in [6, 6.07) is 10.2. The number of hydrogen-bond acceptors (Lipinski definition) is 3. The standard InChI is InChI=1S/C15H15N3O/c1-11-18-15(10-19-11)13-2-4-14(5-3-13)17-9-12-6-7-16-8-12/h2-8,10,16-17H,9H2,1H3. The molecule has 0 fully saturated rings. The SMILES string of the molecule is Cc1nc(-c2ccc(NCc3cc[nH]c3)cc2)co1. The number of aromatic nitrogens is 2. The third kappa shape index (κ3) is 2.68. The molecule has 96 valence electrons. The molecule has 4 nitrogen and oxygen atoms in total. The minimum absolute atomic E-state index is 0.685. The smallest absolute Gasteiger partial charge is 0.191 e. The molecule has 0 radical (unpaired) electrons. The van der Waals surface area contributed by atoms with E-state index in [4.69, 9.17) is 4.42 Å². The predicted octanol–water partition coefficient (Wildman–Crippen LogP) is 3.59. The van der Waals surface area contributed by atoms with Crippen molar-refractivity contribution in [2.24, 2.45) is 0 Å². The van der Waals surface area contributed by atoms with E-state index in [1.165, 1.54) is 5.56 Å². The minimum Gasteiger partial charge on any atom is -0.449 e. The molecule has 2 N–H and O–H groups in total. The highest BCUT2D eigenvalue weighted by Crippen LogP contribution is 2.20. The molecule has 0 aliphatic rings. The summed E-state index contributed by atoms with van der Waals surface area (Å²) in [4.78, 5) is 7.35. The fourth-order valence-electron chi connectivity index (χ4n) is 1.93. The van der Waals surface area contributed by atoms with E-state index >= 15 is 0 Å². The van der Waals surface area contributed by atoms with Crippen LogP contribution in [0.1, 0.15) is 11.5 Å². The molecule has 0 atom stereocenters. The third-order valence-corrected chi connectivity index (χ3v) is 2.96. The first-order valence-electron chi connectivity index (χ1n) is 6.19. The first kappa shape index (κ1) is 11.6. The minimum atomic E-state index is 0.685. The van der Waals surface area contributed by atoms with Gasteiger partial charge in [0.25, 0.3) is 0 Å². The van der Waals surface area contributed by atoms with E-state index in [-0.39, 0.29) is 0 Å². The Morgan fingerprint density at radius 1 is 1.21 bits per heavy atom. The molecule has 3 rings (SSSR count). The molecule has 0 amide bonds. The first-order chi connectivity index (χ1) is 9.31. The lowest BCUT2D eigenvalue weighted by molar-refractivity contribution is 0.521. The Morgan fingerprint density at radius 2 is 2.05 bits per heavy atom. The largest absolute Gasteiger partial charge is 0.449 e. The fraction of sp³-hybridized carbons (Fsp3) is 0.133. The molecule has 0 aliphatic carbocycles. The van der Waals surface area contributed by atoms with E-state index in [1.807, 2.05) is 43.6 Å². The van der Waals surface area contributed by atoms with Crippen molar-refractivity contribution in [2.45, 2.75) is 13.5 Å². The van der Waals surface area contributed by atoms with Crippen LogP contribution in [0, 0.1) is 6.92 Å². The number of oxazole rings is 1. The van der Waals surface area contributed by atoms with Crippen LogP contribution in [-0.4, -0.2) is 9.97 Å². The predicted molar refractivity (Wildman–Crippen MR) is 74.8 cm³/mol. The second kappa shape index (κ2) is 5.02. The number of nitrogens with one attached hydrogen (secondary N) is 2. The van der Waals surface area contributed by atoms with E-state index in [0.717, 1.165) is 23.5 Å². The molecule has 0 saturated carbocycles. The van der Waals surface area contributed by atoms with Crippen LogP contribution in [0.25, 0.3) is 11.3 Å². The number of hydrogen-bond donors (Lipinski definition) is 2. The van der Waals surface area contributed by atoms with Gasteiger partial charge in [0.2, 0.25) is 0 Å². The lowest BCUT2D eigenvalue weighted by Crippen LogP contribution is -1.97. The number of aromatic amines is 1. The molecule has 2 heterocycles. The highest BCUT2D eigenvalue weighted by molar-refractivity contribution is 5.61. The van der Waals surface area contributed by atoms with Crippen LogP contribution in [0.4, 0.5) is 5.69 Å². The average Bonchev–Trinajstić information content (AvgIpc) is 3.08. The van der Waals surface area contributed by atoms with Gasteiger partial charge in [-0.2, -0.15) is 0 Å². The van der Waals surface area contributed by atoms with Gasteiger partial charge in [0, 0.05) is 37.1 Å².